The molecule has 2 saturated heterocycles. The molecule has 9 N–H and O–H groups in total. The number of unbranched alkanes of at least 4 members (excludes halogenated alkanes) is 43. The third-order valence-corrected chi connectivity index (χ3v) is 18.7. The van der Waals surface area contributed by atoms with Gasteiger partial charge >= 0.3 is 0 Å². The first kappa shape index (κ1) is 85.8. The Hall–Kier alpha value is -2.31. The molecule has 2 aliphatic rings. The fraction of sp³-hybridized carbons (Fsp3) is 0.859. The van der Waals surface area contributed by atoms with Gasteiger partial charge in [-0.2, -0.15) is 0 Å². The molecule has 0 bridgehead atoms. The lowest BCUT2D eigenvalue weighted by molar-refractivity contribution is -0.359. The molecule has 2 rings (SSSR count). The third kappa shape index (κ3) is 45.2. The van der Waals surface area contributed by atoms with Gasteiger partial charge in [0.2, 0.25) is 5.91 Å². The highest BCUT2D eigenvalue weighted by Gasteiger charge is 2.51. The summed E-state index contributed by atoms with van der Waals surface area (Å²) in [6.45, 7) is 2.81. The first-order valence-corrected chi connectivity index (χ1v) is 38.5. The van der Waals surface area contributed by atoms with Crippen molar-refractivity contribution in [3.63, 3.8) is 0 Å². The van der Waals surface area contributed by atoms with Gasteiger partial charge in [-0.1, -0.05) is 312 Å². The van der Waals surface area contributed by atoms with E-state index in [9.17, 15) is 45.6 Å². The Morgan fingerprint density at radius 1 is 0.391 bits per heavy atom. The number of amides is 1. The van der Waals surface area contributed by atoms with Crippen LogP contribution in [0.2, 0.25) is 0 Å². The number of allylic oxidation sites excluding steroid dienone is 9. The molecule has 2 fully saturated rings. The highest BCUT2D eigenvalue weighted by atomic mass is 16.7. The van der Waals surface area contributed by atoms with E-state index in [2.05, 4.69) is 67.8 Å². The normalized spacial score (nSPS) is 23.0. The van der Waals surface area contributed by atoms with Gasteiger partial charge in [-0.15, -0.1) is 0 Å². The van der Waals surface area contributed by atoms with Crippen LogP contribution in [-0.2, 0) is 23.7 Å². The minimum absolute atomic E-state index is 0.250. The Labute approximate surface area is 562 Å². The second-order valence-electron chi connectivity index (χ2n) is 27.1. The standard InChI is InChI=1S/C78H143NO13/c1-3-5-7-9-11-13-15-17-19-21-23-25-27-29-31-32-33-34-36-37-39-41-43-45-47-49-51-53-55-57-59-61-67(82)66(65-89-77-75(88)73(86)76(69(64-81)91-77)92-78-74(87)72(85)71(84)68(63-80)90-78)79-70(83)62-60-58-56-54-52-50-48-46-44-42-40-38-35-30-28-26-24-22-20-18-16-14-12-10-8-6-4-2/h16,18,22,24,43,45,51,53,59,61,66-69,71-78,80-82,84-88H,3-15,17,19-21,23,25-42,44,46-50,52,54-58,60,62-65H2,1-2H3,(H,79,83)/b18-16-,24-22-,45-43+,53-51+,61-59+. The number of rotatable bonds is 64. The van der Waals surface area contributed by atoms with E-state index in [4.69, 9.17) is 18.9 Å². The summed E-state index contributed by atoms with van der Waals surface area (Å²) in [4.78, 5) is 13.4. The smallest absolute Gasteiger partial charge is 0.220 e. The molecule has 14 heteroatoms. The molecule has 14 nitrogen and oxygen atoms in total. The molecule has 0 aliphatic carbocycles. The molecule has 12 unspecified atom stereocenters. The quantitative estimate of drug-likeness (QED) is 0.0204. The molecule has 2 aliphatic heterocycles. The Morgan fingerprint density at radius 2 is 0.728 bits per heavy atom. The average molecular weight is 1300 g/mol. The van der Waals surface area contributed by atoms with Crippen molar-refractivity contribution in [1.82, 2.24) is 5.32 Å². The second-order valence-corrected chi connectivity index (χ2v) is 27.1. The zero-order valence-corrected chi connectivity index (χ0v) is 58.8. The predicted octanol–water partition coefficient (Wildman–Crippen LogP) is 16.8. The molecule has 1 amide bonds. The lowest BCUT2D eigenvalue weighted by Gasteiger charge is -2.46. The Bertz CT molecular complexity index is 1780. The molecule has 12 atom stereocenters. The molecule has 0 spiro atoms. The van der Waals surface area contributed by atoms with Crippen molar-refractivity contribution in [3.05, 3.63) is 60.8 Å². The van der Waals surface area contributed by atoms with E-state index < -0.39 is 86.8 Å². The fourth-order valence-electron chi connectivity index (χ4n) is 12.5. The summed E-state index contributed by atoms with van der Waals surface area (Å²) < 4.78 is 22.9. The first-order chi connectivity index (χ1) is 45.1. The van der Waals surface area contributed by atoms with E-state index in [1.807, 2.05) is 6.08 Å². The SMILES string of the molecule is CCCCCCC/C=C\C/C=C\CCCCCCCCCCCCCCCCCC(=O)NC(COC1OC(CO)C(OC2OC(CO)C(O)C(O)C2O)C(O)C1O)C(O)/C=C/CC/C=C/CC/C=C/CCCCCCCCCCCCCCCCCCCCCCC. The van der Waals surface area contributed by atoms with Crippen LogP contribution >= 0.6 is 0 Å². The zero-order chi connectivity index (χ0) is 66.6. The Kier molecular flexibility index (Phi) is 58.0. The number of hydrogen-bond acceptors (Lipinski definition) is 13. The monoisotopic (exact) mass is 1300 g/mol. The summed E-state index contributed by atoms with van der Waals surface area (Å²) in [7, 11) is 0. The van der Waals surface area contributed by atoms with Gasteiger partial charge in [0.15, 0.2) is 12.6 Å². The van der Waals surface area contributed by atoms with E-state index in [1.165, 1.54) is 250 Å². The summed E-state index contributed by atoms with van der Waals surface area (Å²) >= 11 is 0. The van der Waals surface area contributed by atoms with Crippen molar-refractivity contribution in [3.8, 4) is 0 Å². The van der Waals surface area contributed by atoms with Crippen LogP contribution in [0.1, 0.15) is 335 Å². The van der Waals surface area contributed by atoms with Crippen LogP contribution in [0.5, 0.6) is 0 Å². The van der Waals surface area contributed by atoms with Gasteiger partial charge in [-0.3, -0.25) is 4.79 Å². The maximum absolute atomic E-state index is 13.4. The Morgan fingerprint density at radius 3 is 1.13 bits per heavy atom. The molecule has 0 aromatic heterocycles. The van der Waals surface area contributed by atoms with Gasteiger partial charge in [0.05, 0.1) is 32.0 Å². The minimum atomic E-state index is -1.80. The fourth-order valence-corrected chi connectivity index (χ4v) is 12.5. The van der Waals surface area contributed by atoms with Crippen molar-refractivity contribution in [2.45, 2.75) is 408 Å². The van der Waals surface area contributed by atoms with Crippen LogP contribution in [0, 0.1) is 0 Å². The van der Waals surface area contributed by atoms with Crippen LogP contribution in [-0.4, -0.2) is 140 Å². The van der Waals surface area contributed by atoms with Crippen LogP contribution in [0.15, 0.2) is 60.8 Å². The minimum Gasteiger partial charge on any atom is -0.394 e. The van der Waals surface area contributed by atoms with Gasteiger partial charge in [0, 0.05) is 6.42 Å². The molecule has 0 aromatic rings. The van der Waals surface area contributed by atoms with Crippen LogP contribution in [0.3, 0.4) is 0 Å². The number of hydrogen-bond donors (Lipinski definition) is 9. The summed E-state index contributed by atoms with van der Waals surface area (Å²) in [5.74, 6) is -0.250. The van der Waals surface area contributed by atoms with Crippen molar-refractivity contribution < 1.29 is 64.6 Å². The number of ether oxygens (including phenoxy) is 4. The van der Waals surface area contributed by atoms with Gasteiger partial charge in [0.25, 0.3) is 0 Å². The molecular formula is C78H143NO13. The van der Waals surface area contributed by atoms with Crippen LogP contribution < -0.4 is 5.32 Å². The topological polar surface area (TPSA) is 228 Å². The lowest BCUT2D eigenvalue weighted by atomic mass is 9.97. The number of aliphatic hydroxyl groups excluding tert-OH is 8. The molecule has 538 valence electrons. The molecule has 92 heavy (non-hydrogen) atoms. The summed E-state index contributed by atoms with van der Waals surface area (Å²) in [5.41, 5.74) is 0. The summed E-state index contributed by atoms with van der Waals surface area (Å²) in [6, 6.07) is -0.942. The van der Waals surface area contributed by atoms with Gasteiger partial charge in [-0.05, 0) is 77.0 Å². The van der Waals surface area contributed by atoms with Crippen molar-refractivity contribution >= 4 is 5.91 Å². The molecule has 0 saturated carbocycles. The lowest BCUT2D eigenvalue weighted by Crippen LogP contribution is -2.65. The van der Waals surface area contributed by atoms with Crippen molar-refractivity contribution in [2.24, 2.45) is 0 Å². The highest BCUT2D eigenvalue weighted by molar-refractivity contribution is 5.76. The Balaban J connectivity index is 1.67. The van der Waals surface area contributed by atoms with E-state index in [-0.39, 0.29) is 18.9 Å². The van der Waals surface area contributed by atoms with E-state index in [0.717, 1.165) is 51.4 Å². The summed E-state index contributed by atoms with van der Waals surface area (Å²) in [5, 5.41) is 87.6. The molecule has 0 radical (unpaired) electrons. The maximum atomic E-state index is 13.4. The second kappa shape index (κ2) is 62.2. The van der Waals surface area contributed by atoms with Gasteiger partial charge < -0.3 is 65.1 Å². The zero-order valence-electron chi connectivity index (χ0n) is 58.8. The summed E-state index contributed by atoms with van der Waals surface area (Å²) in [6.07, 6.45) is 67.3. The first-order valence-electron chi connectivity index (χ1n) is 38.5. The number of aliphatic hydroxyl groups is 8. The molecular weight excluding hydrogens is 1160 g/mol. The van der Waals surface area contributed by atoms with Crippen LogP contribution in [0.4, 0.5) is 0 Å². The predicted molar refractivity (Wildman–Crippen MR) is 378 cm³/mol. The van der Waals surface area contributed by atoms with E-state index in [1.54, 1.807) is 6.08 Å². The number of carbonyl (C=O) groups excluding carboxylic acids is 1. The van der Waals surface area contributed by atoms with Crippen LogP contribution in [0.25, 0.3) is 0 Å². The van der Waals surface area contributed by atoms with E-state index in [0.29, 0.717) is 12.8 Å². The molecule has 0 aromatic carbocycles. The van der Waals surface area contributed by atoms with E-state index >= 15 is 0 Å². The number of carbonyl (C=O) groups is 1. The molecule has 2 heterocycles. The van der Waals surface area contributed by atoms with Gasteiger partial charge in [-0.25, -0.2) is 0 Å². The third-order valence-electron chi connectivity index (χ3n) is 18.7. The largest absolute Gasteiger partial charge is 0.394 e. The van der Waals surface area contributed by atoms with Crippen molar-refractivity contribution in [1.29, 1.82) is 0 Å². The highest BCUT2D eigenvalue weighted by Crippen LogP contribution is 2.30. The average Bonchev–Trinajstić information content (AvgIpc) is 0.882. The van der Waals surface area contributed by atoms with Crippen molar-refractivity contribution in [2.75, 3.05) is 19.8 Å². The number of nitrogens with one attached hydrogen (secondary N) is 1. The van der Waals surface area contributed by atoms with Gasteiger partial charge in [0.1, 0.15) is 48.8 Å². The maximum Gasteiger partial charge on any atom is 0.220 e.